The summed E-state index contributed by atoms with van der Waals surface area (Å²) >= 11 is 8.03. The van der Waals surface area contributed by atoms with E-state index in [1.807, 2.05) is 61.5 Å². The van der Waals surface area contributed by atoms with Crippen LogP contribution < -0.4 is 11.2 Å². The van der Waals surface area contributed by atoms with Crippen molar-refractivity contribution in [3.8, 4) is 0 Å². The predicted molar refractivity (Wildman–Crippen MR) is 128 cm³/mol. The fraction of sp³-hybridized carbons (Fsp3) is 0.280. The molecule has 0 saturated heterocycles. The number of aryl methyl sites for hydroxylation is 2. The van der Waals surface area contributed by atoms with Crippen LogP contribution in [0.4, 0.5) is 0 Å². The number of nitrogens with zero attached hydrogens (tertiary/aromatic N) is 2. The van der Waals surface area contributed by atoms with Crippen LogP contribution in [0.2, 0.25) is 5.02 Å². The SMILES string of the molecule is CC(c1ccccc1)n1c(=O)c2c3c(sc2n(Cc2ccccc2Cl)c1=O)CCCC3. The van der Waals surface area contributed by atoms with E-state index in [-0.39, 0.29) is 17.3 Å². The first-order valence-corrected chi connectivity index (χ1v) is 11.8. The van der Waals surface area contributed by atoms with Crippen molar-refractivity contribution < 1.29 is 0 Å². The average Bonchev–Trinajstić information content (AvgIpc) is 3.18. The van der Waals surface area contributed by atoms with Crippen LogP contribution in [0.25, 0.3) is 10.2 Å². The lowest BCUT2D eigenvalue weighted by molar-refractivity contribution is 0.551. The highest BCUT2D eigenvalue weighted by Crippen LogP contribution is 2.35. The van der Waals surface area contributed by atoms with Gasteiger partial charge in [0.2, 0.25) is 0 Å². The van der Waals surface area contributed by atoms with E-state index in [2.05, 4.69) is 0 Å². The van der Waals surface area contributed by atoms with Crippen molar-refractivity contribution in [1.82, 2.24) is 9.13 Å². The van der Waals surface area contributed by atoms with E-state index in [1.165, 1.54) is 9.44 Å². The highest BCUT2D eigenvalue weighted by molar-refractivity contribution is 7.18. The molecule has 2 aromatic heterocycles. The maximum absolute atomic E-state index is 13.7. The third-order valence-corrected chi connectivity index (χ3v) is 7.91. The van der Waals surface area contributed by atoms with Gasteiger partial charge in [-0.25, -0.2) is 4.79 Å². The number of hydrogen-bond donors (Lipinski definition) is 0. The number of rotatable bonds is 4. The summed E-state index contributed by atoms with van der Waals surface area (Å²) in [6.07, 6.45) is 4.08. The molecule has 0 N–H and O–H groups in total. The van der Waals surface area contributed by atoms with Gasteiger partial charge in [0, 0.05) is 9.90 Å². The minimum Gasteiger partial charge on any atom is -0.280 e. The van der Waals surface area contributed by atoms with Gasteiger partial charge in [-0.1, -0.05) is 60.1 Å². The van der Waals surface area contributed by atoms with E-state index in [9.17, 15) is 9.59 Å². The molecular weight excluding hydrogens is 428 g/mol. The lowest BCUT2D eigenvalue weighted by Crippen LogP contribution is -2.42. The first-order valence-electron chi connectivity index (χ1n) is 10.6. The molecule has 0 amide bonds. The van der Waals surface area contributed by atoms with E-state index >= 15 is 0 Å². The van der Waals surface area contributed by atoms with Crippen molar-refractivity contribution in [2.45, 2.75) is 45.2 Å². The lowest BCUT2D eigenvalue weighted by Gasteiger charge is -2.19. The molecule has 1 atom stereocenters. The first kappa shape index (κ1) is 20.3. The molecule has 6 heteroatoms. The average molecular weight is 451 g/mol. The Bertz CT molecular complexity index is 1380. The van der Waals surface area contributed by atoms with Crippen LogP contribution in [0, 0.1) is 0 Å². The van der Waals surface area contributed by atoms with Gasteiger partial charge in [0.15, 0.2) is 0 Å². The highest BCUT2D eigenvalue weighted by atomic mass is 35.5. The Morgan fingerprint density at radius 1 is 1.00 bits per heavy atom. The zero-order chi connectivity index (χ0) is 21.5. The number of thiophene rings is 1. The molecule has 1 aliphatic rings. The summed E-state index contributed by atoms with van der Waals surface area (Å²) in [5, 5.41) is 1.34. The minimum atomic E-state index is -0.359. The normalized spacial score (nSPS) is 14.5. The topological polar surface area (TPSA) is 44.0 Å². The lowest BCUT2D eigenvalue weighted by atomic mass is 9.97. The maximum Gasteiger partial charge on any atom is 0.332 e. The molecule has 0 aliphatic heterocycles. The zero-order valence-corrected chi connectivity index (χ0v) is 18.9. The number of fused-ring (bicyclic) bond motifs is 3. The molecule has 0 radical (unpaired) electrons. The second-order valence-electron chi connectivity index (χ2n) is 8.11. The van der Waals surface area contributed by atoms with E-state index in [0.717, 1.165) is 47.2 Å². The summed E-state index contributed by atoms with van der Waals surface area (Å²) in [4.78, 5) is 29.5. The van der Waals surface area contributed by atoms with Crippen molar-refractivity contribution in [2.24, 2.45) is 0 Å². The van der Waals surface area contributed by atoms with Gasteiger partial charge in [-0.2, -0.15) is 0 Å². The molecule has 1 unspecified atom stereocenters. The molecule has 158 valence electrons. The zero-order valence-electron chi connectivity index (χ0n) is 17.3. The number of halogens is 1. The Balaban J connectivity index is 1.80. The van der Waals surface area contributed by atoms with Crippen LogP contribution in [0.1, 0.15) is 47.4 Å². The summed E-state index contributed by atoms with van der Waals surface area (Å²) in [7, 11) is 0. The molecule has 0 saturated carbocycles. The third kappa shape index (κ3) is 3.46. The number of aromatic nitrogens is 2. The summed E-state index contributed by atoms with van der Waals surface area (Å²) in [6.45, 7) is 2.26. The molecule has 5 rings (SSSR count). The molecule has 0 bridgehead atoms. The molecule has 0 spiro atoms. The Hall–Kier alpha value is -2.63. The number of benzene rings is 2. The minimum absolute atomic E-state index is 0.175. The molecule has 4 nitrogen and oxygen atoms in total. The van der Waals surface area contributed by atoms with Crippen LogP contribution in [0.15, 0.2) is 64.2 Å². The van der Waals surface area contributed by atoms with Crippen LogP contribution in [0.5, 0.6) is 0 Å². The summed E-state index contributed by atoms with van der Waals surface area (Å²) in [5.41, 5.74) is 2.49. The van der Waals surface area contributed by atoms with E-state index < -0.39 is 0 Å². The smallest absolute Gasteiger partial charge is 0.280 e. The summed E-state index contributed by atoms with van der Waals surface area (Å²) in [5.74, 6) is 0. The maximum atomic E-state index is 13.7. The third-order valence-electron chi connectivity index (χ3n) is 6.22. The molecule has 1 aliphatic carbocycles. The van der Waals surface area contributed by atoms with Crippen molar-refractivity contribution in [3.05, 3.63) is 102 Å². The van der Waals surface area contributed by atoms with Gasteiger partial charge in [-0.05, 0) is 55.4 Å². The second kappa shape index (κ2) is 8.13. The fourth-order valence-electron chi connectivity index (χ4n) is 4.54. The predicted octanol–water partition coefficient (Wildman–Crippen LogP) is 5.41. The molecular formula is C25H23ClN2O2S. The van der Waals surface area contributed by atoms with Crippen molar-refractivity contribution in [3.63, 3.8) is 0 Å². The van der Waals surface area contributed by atoms with Crippen molar-refractivity contribution >= 4 is 33.2 Å². The Labute approximate surface area is 189 Å². The fourth-order valence-corrected chi connectivity index (χ4v) is 6.11. The van der Waals surface area contributed by atoms with E-state index in [4.69, 9.17) is 11.6 Å². The Kier molecular flexibility index (Phi) is 5.32. The number of hydrogen-bond acceptors (Lipinski definition) is 3. The summed E-state index contributed by atoms with van der Waals surface area (Å²) < 4.78 is 3.18. The molecule has 4 aromatic rings. The second-order valence-corrected chi connectivity index (χ2v) is 9.60. The molecule has 0 fully saturated rings. The van der Waals surface area contributed by atoms with Gasteiger partial charge < -0.3 is 0 Å². The van der Waals surface area contributed by atoms with Gasteiger partial charge >= 0.3 is 5.69 Å². The Morgan fingerprint density at radius 2 is 1.71 bits per heavy atom. The molecule has 2 aromatic carbocycles. The van der Waals surface area contributed by atoms with Crippen molar-refractivity contribution in [2.75, 3.05) is 0 Å². The van der Waals surface area contributed by atoms with Crippen LogP contribution in [-0.4, -0.2) is 9.13 Å². The van der Waals surface area contributed by atoms with E-state index in [1.54, 1.807) is 15.9 Å². The van der Waals surface area contributed by atoms with E-state index in [0.29, 0.717) is 17.0 Å². The van der Waals surface area contributed by atoms with Gasteiger partial charge in [0.1, 0.15) is 4.83 Å². The van der Waals surface area contributed by atoms with Gasteiger partial charge in [0.05, 0.1) is 18.0 Å². The van der Waals surface area contributed by atoms with Crippen molar-refractivity contribution in [1.29, 1.82) is 0 Å². The standard InChI is InChI=1S/C25H23ClN2O2S/c1-16(17-9-3-2-4-10-17)28-23(29)22-19-12-6-8-14-21(19)31-24(22)27(25(28)30)15-18-11-5-7-13-20(18)26/h2-5,7,9-11,13,16H,6,8,12,14-15H2,1H3. The summed E-state index contributed by atoms with van der Waals surface area (Å²) in [6, 6.07) is 16.9. The molecule has 31 heavy (non-hydrogen) atoms. The Morgan fingerprint density at radius 3 is 2.48 bits per heavy atom. The van der Waals surface area contributed by atoms with Gasteiger partial charge in [0.25, 0.3) is 5.56 Å². The first-order chi connectivity index (χ1) is 15.1. The largest absolute Gasteiger partial charge is 0.332 e. The highest BCUT2D eigenvalue weighted by Gasteiger charge is 2.26. The molecule has 2 heterocycles. The van der Waals surface area contributed by atoms with Crippen LogP contribution in [-0.2, 0) is 19.4 Å². The van der Waals surface area contributed by atoms with Crippen LogP contribution >= 0.6 is 22.9 Å². The monoisotopic (exact) mass is 450 g/mol. The quantitative estimate of drug-likeness (QED) is 0.417. The van der Waals surface area contributed by atoms with Crippen LogP contribution in [0.3, 0.4) is 0 Å². The van der Waals surface area contributed by atoms with Gasteiger partial charge in [-0.15, -0.1) is 11.3 Å². The van der Waals surface area contributed by atoms with Gasteiger partial charge in [-0.3, -0.25) is 13.9 Å².